The standard InChI is InChI=1S/C13H17FN2O5/c1-13(2,3)21-12(20)16-9(11(18)19)10(17)7-4-5-8(14)15-6-7/h4-6,9-10,17H,1-3H3,(H,16,20)(H,18,19). The predicted molar refractivity (Wildman–Crippen MR) is 69.9 cm³/mol. The molecule has 2 unspecified atom stereocenters. The minimum atomic E-state index is -1.65. The van der Waals surface area contributed by atoms with Crippen LogP contribution < -0.4 is 5.32 Å². The smallest absolute Gasteiger partial charge is 0.408 e. The van der Waals surface area contributed by atoms with Crippen LogP contribution in [0.25, 0.3) is 0 Å². The molecule has 1 amide bonds. The minimum absolute atomic E-state index is 0.0554. The molecule has 0 radical (unpaired) electrons. The maximum Gasteiger partial charge on any atom is 0.408 e. The molecule has 1 aromatic heterocycles. The van der Waals surface area contributed by atoms with E-state index in [1.165, 1.54) is 6.07 Å². The van der Waals surface area contributed by atoms with Crippen molar-refractivity contribution < 1.29 is 28.9 Å². The molecule has 0 saturated heterocycles. The van der Waals surface area contributed by atoms with Gasteiger partial charge in [-0.2, -0.15) is 4.39 Å². The van der Waals surface area contributed by atoms with Crippen molar-refractivity contribution in [1.82, 2.24) is 10.3 Å². The summed E-state index contributed by atoms with van der Waals surface area (Å²) in [6, 6.07) is 0.511. The summed E-state index contributed by atoms with van der Waals surface area (Å²) in [5, 5.41) is 21.1. The van der Waals surface area contributed by atoms with Gasteiger partial charge < -0.3 is 20.3 Å². The molecule has 0 spiro atoms. The number of carbonyl (C=O) groups is 2. The van der Waals surface area contributed by atoms with Crippen molar-refractivity contribution in [3.63, 3.8) is 0 Å². The molecular weight excluding hydrogens is 283 g/mol. The summed E-state index contributed by atoms with van der Waals surface area (Å²) in [6.07, 6.45) is -1.58. The number of aromatic nitrogens is 1. The van der Waals surface area contributed by atoms with E-state index in [-0.39, 0.29) is 5.56 Å². The average Bonchev–Trinajstić information content (AvgIpc) is 2.33. The number of rotatable bonds is 4. The number of halogens is 1. The fourth-order valence-corrected chi connectivity index (χ4v) is 1.46. The van der Waals surface area contributed by atoms with Gasteiger partial charge in [0.05, 0.1) is 0 Å². The zero-order chi connectivity index (χ0) is 16.2. The molecule has 7 nitrogen and oxygen atoms in total. The molecule has 0 aromatic carbocycles. The zero-order valence-electron chi connectivity index (χ0n) is 11.8. The number of nitrogens with zero attached hydrogens (tertiary/aromatic N) is 1. The third kappa shape index (κ3) is 5.35. The van der Waals surface area contributed by atoms with E-state index in [4.69, 9.17) is 9.84 Å². The summed E-state index contributed by atoms with van der Waals surface area (Å²) < 4.78 is 17.6. The lowest BCUT2D eigenvalue weighted by atomic mass is 10.0. The summed E-state index contributed by atoms with van der Waals surface area (Å²) in [7, 11) is 0. The number of pyridine rings is 1. The Hall–Kier alpha value is -2.22. The molecule has 21 heavy (non-hydrogen) atoms. The highest BCUT2D eigenvalue weighted by Crippen LogP contribution is 2.17. The second kappa shape index (κ2) is 6.49. The largest absolute Gasteiger partial charge is 0.480 e. The number of amides is 1. The van der Waals surface area contributed by atoms with Gasteiger partial charge in [-0.05, 0) is 26.8 Å². The van der Waals surface area contributed by atoms with Gasteiger partial charge in [-0.25, -0.2) is 14.6 Å². The predicted octanol–water partition coefficient (Wildman–Crippen LogP) is 1.23. The second-order valence-electron chi connectivity index (χ2n) is 5.32. The quantitative estimate of drug-likeness (QED) is 0.722. The molecule has 0 aliphatic heterocycles. The zero-order valence-corrected chi connectivity index (χ0v) is 11.8. The Morgan fingerprint density at radius 3 is 2.43 bits per heavy atom. The van der Waals surface area contributed by atoms with E-state index < -0.39 is 35.8 Å². The Labute approximate surface area is 120 Å². The number of ether oxygens (including phenoxy) is 1. The van der Waals surface area contributed by atoms with Crippen molar-refractivity contribution >= 4 is 12.1 Å². The summed E-state index contributed by atoms with van der Waals surface area (Å²) in [5.74, 6) is -2.23. The topological polar surface area (TPSA) is 109 Å². The van der Waals surface area contributed by atoms with E-state index in [1.807, 2.05) is 0 Å². The number of alkyl carbamates (subject to hydrolysis) is 1. The molecule has 3 N–H and O–H groups in total. The fraction of sp³-hybridized carbons (Fsp3) is 0.462. The molecule has 0 saturated carbocycles. The third-order valence-corrected chi connectivity index (χ3v) is 2.35. The Morgan fingerprint density at radius 1 is 1.38 bits per heavy atom. The first-order valence-corrected chi connectivity index (χ1v) is 6.12. The monoisotopic (exact) mass is 300 g/mol. The molecule has 1 heterocycles. The number of aliphatic hydroxyl groups excluding tert-OH is 1. The Morgan fingerprint density at radius 2 is 2.00 bits per heavy atom. The lowest BCUT2D eigenvalue weighted by Gasteiger charge is -2.24. The maximum absolute atomic E-state index is 12.7. The van der Waals surface area contributed by atoms with Crippen molar-refractivity contribution in [2.75, 3.05) is 0 Å². The van der Waals surface area contributed by atoms with Crippen LogP contribution in [0.4, 0.5) is 9.18 Å². The number of aliphatic hydroxyl groups is 1. The highest BCUT2D eigenvalue weighted by atomic mass is 19.1. The number of hydrogen-bond donors (Lipinski definition) is 3. The second-order valence-corrected chi connectivity index (χ2v) is 5.32. The van der Waals surface area contributed by atoms with E-state index in [1.54, 1.807) is 20.8 Å². The van der Waals surface area contributed by atoms with E-state index in [0.717, 1.165) is 12.3 Å². The summed E-state index contributed by atoms with van der Waals surface area (Å²) in [6.45, 7) is 4.84. The van der Waals surface area contributed by atoms with Crippen molar-refractivity contribution in [3.05, 3.63) is 29.8 Å². The molecule has 8 heteroatoms. The molecule has 2 atom stereocenters. The number of nitrogens with one attached hydrogen (secondary N) is 1. The Balaban J connectivity index is 2.84. The van der Waals surface area contributed by atoms with Gasteiger partial charge in [0.25, 0.3) is 0 Å². The van der Waals surface area contributed by atoms with Gasteiger partial charge in [0, 0.05) is 11.8 Å². The molecule has 0 aliphatic rings. The SMILES string of the molecule is CC(C)(C)OC(=O)NC(C(=O)O)C(O)c1ccc(F)nc1. The van der Waals surface area contributed by atoms with E-state index in [9.17, 15) is 19.1 Å². The van der Waals surface area contributed by atoms with Crippen molar-refractivity contribution in [1.29, 1.82) is 0 Å². The van der Waals surface area contributed by atoms with Crippen LogP contribution >= 0.6 is 0 Å². The lowest BCUT2D eigenvalue weighted by molar-refractivity contribution is -0.142. The Kier molecular flexibility index (Phi) is 5.20. The van der Waals surface area contributed by atoms with Crippen molar-refractivity contribution in [3.8, 4) is 0 Å². The summed E-state index contributed by atoms with van der Waals surface area (Å²) in [5.41, 5.74) is -0.755. The number of carboxylic acid groups (broad SMARTS) is 1. The van der Waals surface area contributed by atoms with Crippen LogP contribution in [0.3, 0.4) is 0 Å². The third-order valence-electron chi connectivity index (χ3n) is 2.35. The van der Waals surface area contributed by atoms with Crippen LogP contribution in [0.1, 0.15) is 32.4 Å². The van der Waals surface area contributed by atoms with Crippen LogP contribution in [-0.4, -0.2) is 38.9 Å². The number of carboxylic acids is 1. The average molecular weight is 300 g/mol. The highest BCUT2D eigenvalue weighted by molar-refractivity contribution is 5.80. The van der Waals surface area contributed by atoms with Gasteiger partial charge in [-0.15, -0.1) is 0 Å². The molecule has 1 rings (SSSR count). The molecule has 116 valence electrons. The number of aliphatic carboxylic acids is 1. The van der Waals surface area contributed by atoms with E-state index in [2.05, 4.69) is 10.3 Å². The lowest BCUT2D eigenvalue weighted by Crippen LogP contribution is -2.46. The van der Waals surface area contributed by atoms with Crippen LogP contribution in [0.15, 0.2) is 18.3 Å². The first kappa shape index (κ1) is 16.8. The number of hydrogen-bond acceptors (Lipinski definition) is 5. The molecule has 0 bridgehead atoms. The van der Waals surface area contributed by atoms with Crippen molar-refractivity contribution in [2.45, 2.75) is 38.5 Å². The van der Waals surface area contributed by atoms with Gasteiger partial charge in [0.1, 0.15) is 11.7 Å². The normalized spacial score (nSPS) is 14.1. The first-order valence-electron chi connectivity index (χ1n) is 6.12. The maximum atomic E-state index is 12.7. The molecule has 1 aromatic rings. The van der Waals surface area contributed by atoms with Crippen LogP contribution in [0, 0.1) is 5.95 Å². The summed E-state index contributed by atoms with van der Waals surface area (Å²) >= 11 is 0. The van der Waals surface area contributed by atoms with E-state index in [0.29, 0.717) is 0 Å². The molecule has 0 aliphatic carbocycles. The van der Waals surface area contributed by atoms with Crippen LogP contribution in [-0.2, 0) is 9.53 Å². The van der Waals surface area contributed by atoms with Crippen LogP contribution in [0.5, 0.6) is 0 Å². The van der Waals surface area contributed by atoms with Gasteiger partial charge in [-0.3, -0.25) is 0 Å². The van der Waals surface area contributed by atoms with Gasteiger partial charge in [0.2, 0.25) is 5.95 Å². The Bertz CT molecular complexity index is 512. The van der Waals surface area contributed by atoms with Gasteiger partial charge in [0.15, 0.2) is 6.04 Å². The molecule has 0 fully saturated rings. The highest BCUT2D eigenvalue weighted by Gasteiger charge is 2.31. The van der Waals surface area contributed by atoms with Crippen molar-refractivity contribution in [2.24, 2.45) is 0 Å². The molecular formula is C13H17FN2O5. The van der Waals surface area contributed by atoms with Crippen LogP contribution in [0.2, 0.25) is 0 Å². The first-order chi connectivity index (χ1) is 9.60. The van der Waals surface area contributed by atoms with Gasteiger partial charge in [-0.1, -0.05) is 6.07 Å². The van der Waals surface area contributed by atoms with Gasteiger partial charge >= 0.3 is 12.1 Å². The van der Waals surface area contributed by atoms with E-state index >= 15 is 0 Å². The fourth-order valence-electron chi connectivity index (χ4n) is 1.46. The minimum Gasteiger partial charge on any atom is -0.480 e. The number of carbonyl (C=O) groups excluding carboxylic acids is 1. The summed E-state index contributed by atoms with van der Waals surface area (Å²) in [4.78, 5) is 26.1.